The Labute approximate surface area is 206 Å². The van der Waals surface area contributed by atoms with Crippen LogP contribution in [-0.2, 0) is 48.4 Å². The van der Waals surface area contributed by atoms with Crippen molar-refractivity contribution in [3.8, 4) is 0 Å². The van der Waals surface area contributed by atoms with E-state index in [9.17, 15) is 9.59 Å². The molecule has 0 heterocycles. The molecule has 0 saturated heterocycles. The van der Waals surface area contributed by atoms with Crippen LogP contribution in [0.4, 0.5) is 0 Å². The van der Waals surface area contributed by atoms with Gasteiger partial charge in [-0.2, -0.15) is 0 Å². The van der Waals surface area contributed by atoms with Crippen LogP contribution in [-0.4, -0.2) is 37.7 Å². The molecular formula is C29H30O6. The van der Waals surface area contributed by atoms with Gasteiger partial charge in [0.1, 0.15) is 18.3 Å². The minimum atomic E-state index is -0.943. The molecule has 0 spiro atoms. The first-order valence-electron chi connectivity index (χ1n) is 11.4. The fourth-order valence-electron chi connectivity index (χ4n) is 3.39. The SMILES string of the molecule is COC(=O)C=C[C@H](OCc1ccccc1)[C@@H](OCc1ccccc1)[C@@H](C=O)OCc1ccccc1. The van der Waals surface area contributed by atoms with Gasteiger partial charge in [-0.05, 0) is 22.8 Å². The van der Waals surface area contributed by atoms with Gasteiger partial charge in [-0.1, -0.05) is 91.0 Å². The van der Waals surface area contributed by atoms with Crippen molar-refractivity contribution in [2.75, 3.05) is 7.11 Å². The third-order valence-electron chi connectivity index (χ3n) is 5.26. The molecule has 182 valence electrons. The fraction of sp³-hybridized carbons (Fsp3) is 0.241. The van der Waals surface area contributed by atoms with Gasteiger partial charge in [-0.15, -0.1) is 0 Å². The van der Waals surface area contributed by atoms with Crippen LogP contribution in [0.2, 0.25) is 0 Å². The lowest BCUT2D eigenvalue weighted by molar-refractivity contribution is -0.151. The minimum Gasteiger partial charge on any atom is -0.466 e. The number of rotatable bonds is 14. The van der Waals surface area contributed by atoms with Gasteiger partial charge in [0, 0.05) is 6.08 Å². The van der Waals surface area contributed by atoms with E-state index in [0.29, 0.717) is 6.29 Å². The highest BCUT2D eigenvalue weighted by molar-refractivity contribution is 5.81. The quantitative estimate of drug-likeness (QED) is 0.192. The summed E-state index contributed by atoms with van der Waals surface area (Å²) in [6.07, 6.45) is 1.01. The maximum absolute atomic E-state index is 12.2. The maximum atomic E-state index is 12.2. The van der Waals surface area contributed by atoms with Crippen LogP contribution < -0.4 is 0 Å². The third-order valence-corrected chi connectivity index (χ3v) is 5.26. The van der Waals surface area contributed by atoms with E-state index < -0.39 is 24.3 Å². The largest absolute Gasteiger partial charge is 0.466 e. The van der Waals surface area contributed by atoms with Crippen LogP contribution in [0.1, 0.15) is 16.7 Å². The topological polar surface area (TPSA) is 71.1 Å². The summed E-state index contributed by atoms with van der Waals surface area (Å²) in [4.78, 5) is 24.0. The number of carbonyl (C=O) groups excluding carboxylic acids is 2. The molecule has 6 nitrogen and oxygen atoms in total. The van der Waals surface area contributed by atoms with E-state index in [1.807, 2.05) is 91.0 Å². The first kappa shape index (κ1) is 26.0. The molecule has 0 bridgehead atoms. The molecule has 0 N–H and O–H groups in total. The van der Waals surface area contributed by atoms with Gasteiger partial charge < -0.3 is 23.7 Å². The monoisotopic (exact) mass is 474 g/mol. The van der Waals surface area contributed by atoms with Crippen molar-refractivity contribution in [2.24, 2.45) is 0 Å². The van der Waals surface area contributed by atoms with E-state index in [-0.39, 0.29) is 19.8 Å². The Morgan fingerprint density at radius 2 is 1.11 bits per heavy atom. The van der Waals surface area contributed by atoms with Crippen LogP contribution in [0.25, 0.3) is 0 Å². The number of carbonyl (C=O) groups is 2. The highest BCUT2D eigenvalue weighted by Crippen LogP contribution is 2.19. The van der Waals surface area contributed by atoms with Crippen molar-refractivity contribution in [1.29, 1.82) is 0 Å². The van der Waals surface area contributed by atoms with E-state index in [2.05, 4.69) is 0 Å². The van der Waals surface area contributed by atoms with Crippen molar-refractivity contribution < 1.29 is 28.5 Å². The molecule has 3 aromatic rings. The highest BCUT2D eigenvalue weighted by Gasteiger charge is 2.31. The summed E-state index contributed by atoms with van der Waals surface area (Å²) in [6, 6.07) is 28.8. The molecule has 0 aromatic heterocycles. The predicted octanol–water partition coefficient (Wildman–Crippen LogP) is 4.67. The number of hydrogen-bond acceptors (Lipinski definition) is 6. The van der Waals surface area contributed by atoms with Gasteiger partial charge in [0.15, 0.2) is 6.29 Å². The Balaban J connectivity index is 1.83. The molecule has 3 atom stereocenters. The number of aldehydes is 1. The molecule has 0 saturated carbocycles. The van der Waals surface area contributed by atoms with Gasteiger partial charge in [-0.25, -0.2) is 4.79 Å². The highest BCUT2D eigenvalue weighted by atomic mass is 16.6. The Bertz CT molecular complexity index is 1040. The smallest absolute Gasteiger partial charge is 0.330 e. The summed E-state index contributed by atoms with van der Waals surface area (Å²) in [5.74, 6) is -0.534. The lowest BCUT2D eigenvalue weighted by Crippen LogP contribution is -2.43. The van der Waals surface area contributed by atoms with E-state index in [0.717, 1.165) is 16.7 Å². The predicted molar refractivity (Wildman–Crippen MR) is 132 cm³/mol. The van der Waals surface area contributed by atoms with Crippen molar-refractivity contribution in [3.63, 3.8) is 0 Å². The van der Waals surface area contributed by atoms with Crippen LogP contribution in [0, 0.1) is 0 Å². The molecule has 3 aromatic carbocycles. The zero-order valence-corrected chi connectivity index (χ0v) is 19.7. The Morgan fingerprint density at radius 1 is 0.686 bits per heavy atom. The standard InChI is InChI=1S/C29H30O6/c1-32-28(31)18-17-26(33-20-23-11-5-2-6-12-23)29(35-22-25-15-9-4-10-16-25)27(19-30)34-21-24-13-7-3-8-14-24/h2-19,26-27,29H,20-22H2,1H3/t26-,27+,29+/m0/s1. The average molecular weight is 475 g/mol. The van der Waals surface area contributed by atoms with E-state index in [4.69, 9.17) is 18.9 Å². The summed E-state index contributed by atoms with van der Waals surface area (Å²) in [7, 11) is 1.30. The fourth-order valence-corrected chi connectivity index (χ4v) is 3.39. The molecule has 35 heavy (non-hydrogen) atoms. The third kappa shape index (κ3) is 8.94. The summed E-state index contributed by atoms with van der Waals surface area (Å²) in [5, 5.41) is 0. The van der Waals surface area contributed by atoms with Gasteiger partial charge in [0.2, 0.25) is 0 Å². The first-order chi connectivity index (χ1) is 17.2. The zero-order valence-electron chi connectivity index (χ0n) is 19.7. The Hall–Kier alpha value is -3.58. The molecule has 3 rings (SSSR count). The van der Waals surface area contributed by atoms with Gasteiger partial charge in [0.25, 0.3) is 0 Å². The molecule has 0 unspecified atom stereocenters. The van der Waals surface area contributed by atoms with Crippen molar-refractivity contribution in [3.05, 3.63) is 120 Å². The molecule has 0 fully saturated rings. The first-order valence-corrected chi connectivity index (χ1v) is 11.4. The summed E-state index contributed by atoms with van der Waals surface area (Å²) in [5.41, 5.74) is 2.80. The van der Waals surface area contributed by atoms with E-state index in [1.54, 1.807) is 6.08 Å². The second-order valence-corrected chi connectivity index (χ2v) is 7.80. The molecule has 0 aliphatic rings. The van der Waals surface area contributed by atoms with Crippen LogP contribution in [0.15, 0.2) is 103 Å². The molecule has 0 aliphatic heterocycles. The normalized spacial score (nSPS) is 13.7. The molecular weight excluding hydrogens is 444 g/mol. The van der Waals surface area contributed by atoms with Crippen molar-refractivity contribution >= 4 is 12.3 Å². The number of hydrogen-bond donors (Lipinski definition) is 0. The van der Waals surface area contributed by atoms with Gasteiger partial charge in [-0.3, -0.25) is 0 Å². The number of methoxy groups -OCH3 is 1. The zero-order chi connectivity index (χ0) is 24.7. The summed E-state index contributed by atoms with van der Waals surface area (Å²) < 4.78 is 23.1. The number of benzene rings is 3. The van der Waals surface area contributed by atoms with Gasteiger partial charge in [0.05, 0.1) is 26.9 Å². The average Bonchev–Trinajstić information content (AvgIpc) is 2.92. The second kappa shape index (κ2) is 14.6. The summed E-state index contributed by atoms with van der Waals surface area (Å²) in [6.45, 7) is 0.718. The van der Waals surface area contributed by atoms with Crippen molar-refractivity contribution in [1.82, 2.24) is 0 Å². The molecule has 0 radical (unpaired) electrons. The van der Waals surface area contributed by atoms with Crippen LogP contribution in [0.5, 0.6) is 0 Å². The number of ether oxygens (including phenoxy) is 4. The molecule has 6 heteroatoms. The maximum Gasteiger partial charge on any atom is 0.330 e. The molecule has 0 aliphatic carbocycles. The second-order valence-electron chi connectivity index (χ2n) is 7.80. The van der Waals surface area contributed by atoms with Crippen LogP contribution in [0.3, 0.4) is 0 Å². The molecule has 0 amide bonds. The number of esters is 1. The Kier molecular flexibility index (Phi) is 10.9. The van der Waals surface area contributed by atoms with Crippen LogP contribution >= 0.6 is 0 Å². The van der Waals surface area contributed by atoms with Gasteiger partial charge >= 0.3 is 5.97 Å². The lowest BCUT2D eigenvalue weighted by atomic mass is 10.1. The van der Waals surface area contributed by atoms with Crippen molar-refractivity contribution in [2.45, 2.75) is 38.1 Å². The minimum absolute atomic E-state index is 0.224. The van der Waals surface area contributed by atoms with E-state index in [1.165, 1.54) is 13.2 Å². The summed E-state index contributed by atoms with van der Waals surface area (Å²) >= 11 is 0. The lowest BCUT2D eigenvalue weighted by Gasteiger charge is -2.29. The Morgan fingerprint density at radius 3 is 1.54 bits per heavy atom. The van der Waals surface area contributed by atoms with E-state index >= 15 is 0 Å².